The number of aliphatic carboxylic acids is 1. The van der Waals surface area contributed by atoms with Crippen molar-refractivity contribution < 1.29 is 9.90 Å². The molecule has 1 N–H and O–H groups in total. The van der Waals surface area contributed by atoms with Crippen molar-refractivity contribution in [3.8, 4) is 0 Å². The number of hydrogen-bond acceptors (Lipinski definition) is 1. The zero-order chi connectivity index (χ0) is 14.7. The van der Waals surface area contributed by atoms with Crippen LogP contribution in [0.25, 0.3) is 10.8 Å². The predicted molar refractivity (Wildman–Crippen MR) is 85.3 cm³/mol. The van der Waals surface area contributed by atoms with Gasteiger partial charge in [-0.25, -0.2) is 4.79 Å². The lowest BCUT2D eigenvalue weighted by molar-refractivity contribution is -0.131. The minimum absolute atomic E-state index is 0.376. The number of carboxylic acids is 1. The fourth-order valence-electron chi connectivity index (χ4n) is 3.43. The van der Waals surface area contributed by atoms with Crippen LogP contribution in [0, 0.1) is 5.92 Å². The van der Waals surface area contributed by atoms with Gasteiger partial charge in [0.15, 0.2) is 0 Å². The Morgan fingerprint density at radius 1 is 1.14 bits per heavy atom. The van der Waals surface area contributed by atoms with E-state index in [0.29, 0.717) is 5.92 Å². The van der Waals surface area contributed by atoms with Gasteiger partial charge in [-0.3, -0.25) is 0 Å². The standard InChI is InChI=1S/C19H20O2/c20-19(21)13-16-8-2-1-7-15(16)12-17-10-5-9-14-6-3-4-11-18(14)17/h3-6,9-11,13,15H,1-2,7-8,12H2,(H,20,21). The van der Waals surface area contributed by atoms with Crippen LogP contribution in [-0.4, -0.2) is 11.1 Å². The van der Waals surface area contributed by atoms with Crippen molar-refractivity contribution in [1.82, 2.24) is 0 Å². The van der Waals surface area contributed by atoms with Gasteiger partial charge in [-0.1, -0.05) is 54.5 Å². The smallest absolute Gasteiger partial charge is 0.328 e. The molecule has 2 aromatic carbocycles. The molecule has 0 heterocycles. The van der Waals surface area contributed by atoms with E-state index in [4.69, 9.17) is 5.11 Å². The van der Waals surface area contributed by atoms with Gasteiger partial charge in [0, 0.05) is 6.08 Å². The summed E-state index contributed by atoms with van der Waals surface area (Å²) >= 11 is 0. The van der Waals surface area contributed by atoms with Gasteiger partial charge >= 0.3 is 5.97 Å². The van der Waals surface area contributed by atoms with Crippen LogP contribution in [0.2, 0.25) is 0 Å². The third-order valence-electron chi connectivity index (χ3n) is 4.45. The van der Waals surface area contributed by atoms with E-state index in [-0.39, 0.29) is 0 Å². The number of rotatable bonds is 3. The van der Waals surface area contributed by atoms with Crippen LogP contribution >= 0.6 is 0 Å². The van der Waals surface area contributed by atoms with Gasteiger partial charge in [-0.05, 0) is 47.9 Å². The molecule has 0 bridgehead atoms. The Morgan fingerprint density at radius 3 is 2.81 bits per heavy atom. The van der Waals surface area contributed by atoms with E-state index < -0.39 is 5.97 Å². The number of allylic oxidation sites excluding steroid dienone is 1. The highest BCUT2D eigenvalue weighted by molar-refractivity contribution is 5.85. The van der Waals surface area contributed by atoms with Crippen LogP contribution in [0.4, 0.5) is 0 Å². The molecule has 2 aromatic rings. The number of fused-ring (bicyclic) bond motifs is 1. The Kier molecular flexibility index (Phi) is 4.05. The first kappa shape index (κ1) is 13.9. The van der Waals surface area contributed by atoms with Crippen molar-refractivity contribution >= 4 is 16.7 Å². The van der Waals surface area contributed by atoms with Crippen LogP contribution in [0.5, 0.6) is 0 Å². The van der Waals surface area contributed by atoms with E-state index in [0.717, 1.165) is 31.3 Å². The average Bonchev–Trinajstić information content (AvgIpc) is 2.49. The second-order valence-electron chi connectivity index (χ2n) is 5.84. The van der Waals surface area contributed by atoms with Crippen LogP contribution < -0.4 is 0 Å². The third kappa shape index (κ3) is 3.15. The monoisotopic (exact) mass is 280 g/mol. The Balaban J connectivity index is 1.91. The quantitative estimate of drug-likeness (QED) is 0.835. The summed E-state index contributed by atoms with van der Waals surface area (Å²) < 4.78 is 0. The molecule has 0 amide bonds. The van der Waals surface area contributed by atoms with Gasteiger partial charge in [0.05, 0.1) is 0 Å². The molecule has 21 heavy (non-hydrogen) atoms. The van der Waals surface area contributed by atoms with E-state index in [1.54, 1.807) is 0 Å². The van der Waals surface area contributed by atoms with Crippen LogP contribution in [0.15, 0.2) is 54.1 Å². The van der Waals surface area contributed by atoms with Crippen LogP contribution in [0.1, 0.15) is 31.2 Å². The molecule has 1 aliphatic rings. The summed E-state index contributed by atoms with van der Waals surface area (Å²) in [5.41, 5.74) is 2.44. The van der Waals surface area contributed by atoms with Gasteiger partial charge in [-0.15, -0.1) is 0 Å². The molecule has 1 fully saturated rings. The molecule has 1 atom stereocenters. The summed E-state index contributed by atoms with van der Waals surface area (Å²) in [4.78, 5) is 11.0. The maximum absolute atomic E-state index is 11.0. The molecule has 2 nitrogen and oxygen atoms in total. The Morgan fingerprint density at radius 2 is 1.95 bits per heavy atom. The van der Waals surface area contributed by atoms with Crippen molar-refractivity contribution in [2.75, 3.05) is 0 Å². The lowest BCUT2D eigenvalue weighted by atomic mass is 9.79. The molecular weight excluding hydrogens is 260 g/mol. The number of hydrogen-bond donors (Lipinski definition) is 1. The molecule has 1 unspecified atom stereocenters. The zero-order valence-electron chi connectivity index (χ0n) is 12.1. The van der Waals surface area contributed by atoms with E-state index in [1.807, 2.05) is 0 Å². The van der Waals surface area contributed by atoms with Crippen LogP contribution in [-0.2, 0) is 11.2 Å². The molecule has 0 spiro atoms. The summed E-state index contributed by atoms with van der Waals surface area (Å²) in [7, 11) is 0. The van der Waals surface area contributed by atoms with Crippen molar-refractivity contribution in [2.24, 2.45) is 5.92 Å². The fourth-order valence-corrected chi connectivity index (χ4v) is 3.43. The topological polar surface area (TPSA) is 37.3 Å². The molecule has 0 aromatic heterocycles. The van der Waals surface area contributed by atoms with Crippen LogP contribution in [0.3, 0.4) is 0 Å². The molecule has 108 valence electrons. The normalized spacial score (nSPS) is 20.8. The predicted octanol–water partition coefficient (Wildman–Crippen LogP) is 4.58. The first-order valence-electron chi connectivity index (χ1n) is 7.64. The number of carbonyl (C=O) groups is 1. The Labute approximate surface area is 125 Å². The molecule has 2 heteroatoms. The van der Waals surface area contributed by atoms with E-state index in [1.165, 1.54) is 28.8 Å². The van der Waals surface area contributed by atoms with Crippen molar-refractivity contribution in [1.29, 1.82) is 0 Å². The largest absolute Gasteiger partial charge is 0.478 e. The summed E-state index contributed by atoms with van der Waals surface area (Å²) in [5, 5.41) is 11.6. The second-order valence-corrected chi connectivity index (χ2v) is 5.84. The molecule has 0 aliphatic heterocycles. The van der Waals surface area contributed by atoms with Gasteiger partial charge in [0.1, 0.15) is 0 Å². The summed E-state index contributed by atoms with van der Waals surface area (Å²) in [6, 6.07) is 14.8. The zero-order valence-corrected chi connectivity index (χ0v) is 12.1. The SMILES string of the molecule is O=C(O)C=C1CCCCC1Cc1cccc2ccccc12. The minimum Gasteiger partial charge on any atom is -0.478 e. The van der Waals surface area contributed by atoms with Gasteiger partial charge in [0.25, 0.3) is 0 Å². The maximum Gasteiger partial charge on any atom is 0.328 e. The van der Waals surface area contributed by atoms with Gasteiger partial charge in [0.2, 0.25) is 0 Å². The van der Waals surface area contributed by atoms with E-state index >= 15 is 0 Å². The summed E-state index contributed by atoms with van der Waals surface area (Å²) in [5.74, 6) is -0.435. The first-order chi connectivity index (χ1) is 10.2. The van der Waals surface area contributed by atoms with E-state index in [9.17, 15) is 4.79 Å². The molecule has 0 saturated heterocycles. The number of carboxylic acid groups (broad SMARTS) is 1. The lowest BCUT2D eigenvalue weighted by Crippen LogP contribution is -2.14. The first-order valence-corrected chi connectivity index (χ1v) is 7.64. The van der Waals surface area contributed by atoms with Crippen molar-refractivity contribution in [3.63, 3.8) is 0 Å². The molecule has 0 radical (unpaired) electrons. The summed E-state index contributed by atoms with van der Waals surface area (Å²) in [6.07, 6.45) is 6.73. The lowest BCUT2D eigenvalue weighted by Gasteiger charge is -2.25. The molecule has 3 rings (SSSR count). The second kappa shape index (κ2) is 6.13. The molecular formula is C19H20O2. The number of benzene rings is 2. The van der Waals surface area contributed by atoms with Gasteiger partial charge < -0.3 is 5.11 Å². The maximum atomic E-state index is 11.0. The minimum atomic E-state index is -0.810. The fraction of sp³-hybridized carbons (Fsp3) is 0.316. The average molecular weight is 280 g/mol. The van der Waals surface area contributed by atoms with Gasteiger partial charge in [-0.2, -0.15) is 0 Å². The Bertz CT molecular complexity index is 680. The highest BCUT2D eigenvalue weighted by atomic mass is 16.4. The highest BCUT2D eigenvalue weighted by Gasteiger charge is 2.20. The summed E-state index contributed by atoms with van der Waals surface area (Å²) in [6.45, 7) is 0. The third-order valence-corrected chi connectivity index (χ3v) is 4.45. The highest BCUT2D eigenvalue weighted by Crippen LogP contribution is 2.33. The Hall–Kier alpha value is -2.09. The van der Waals surface area contributed by atoms with Crippen molar-refractivity contribution in [2.45, 2.75) is 32.1 Å². The van der Waals surface area contributed by atoms with Crippen molar-refractivity contribution in [3.05, 3.63) is 59.7 Å². The molecule has 1 aliphatic carbocycles. The molecule has 1 saturated carbocycles. The van der Waals surface area contributed by atoms with E-state index in [2.05, 4.69) is 42.5 Å².